The highest BCUT2D eigenvalue weighted by atomic mass is 32.2. The highest BCUT2D eigenvalue weighted by Crippen LogP contribution is 1.98. The van der Waals surface area contributed by atoms with Gasteiger partial charge in [0.25, 0.3) is 0 Å². The first-order valence-electron chi connectivity index (χ1n) is 2.40. The van der Waals surface area contributed by atoms with Gasteiger partial charge >= 0.3 is 0 Å². The Balaban J connectivity index is 2.56. The maximum absolute atomic E-state index is 4.48. The van der Waals surface area contributed by atoms with Crippen LogP contribution in [-0.4, -0.2) is 10.5 Å². The van der Waals surface area contributed by atoms with Gasteiger partial charge in [-0.2, -0.15) is 0 Å². The predicted molar refractivity (Wildman–Crippen MR) is 40.0 cm³/mol. The van der Waals surface area contributed by atoms with Crippen LogP contribution in [0.3, 0.4) is 0 Å². The van der Waals surface area contributed by atoms with Crippen LogP contribution in [0.5, 0.6) is 0 Å². The zero-order valence-corrected chi connectivity index (χ0v) is 6.07. The normalized spacial score (nSPS) is 8.71. The SMILES string of the molecule is CCCCS[C]=S. The molecule has 1 radical (unpaired) electrons. The Bertz CT molecular complexity index is 43.3. The summed E-state index contributed by atoms with van der Waals surface area (Å²) in [4.78, 5) is 0. The van der Waals surface area contributed by atoms with Crippen LogP contribution in [-0.2, 0) is 0 Å². The van der Waals surface area contributed by atoms with Crippen molar-refractivity contribution in [3.8, 4) is 0 Å². The summed E-state index contributed by atoms with van der Waals surface area (Å²) in [6.45, 7) is 2.17. The third-order valence-electron chi connectivity index (χ3n) is 0.659. The van der Waals surface area contributed by atoms with Crippen molar-refractivity contribution in [2.24, 2.45) is 0 Å². The molecule has 0 aromatic heterocycles. The van der Waals surface area contributed by atoms with Gasteiger partial charge in [-0.1, -0.05) is 25.6 Å². The zero-order chi connectivity index (χ0) is 5.54. The summed E-state index contributed by atoms with van der Waals surface area (Å²) in [5, 5.41) is 0. The van der Waals surface area contributed by atoms with Crippen LogP contribution in [0.4, 0.5) is 0 Å². The van der Waals surface area contributed by atoms with Crippen molar-refractivity contribution in [3.63, 3.8) is 0 Å². The number of unbranched alkanes of at least 4 members (excludes halogenated alkanes) is 1. The Labute approximate surface area is 54.7 Å². The first-order valence-corrected chi connectivity index (χ1v) is 3.80. The Morgan fingerprint density at radius 2 is 2.43 bits per heavy atom. The van der Waals surface area contributed by atoms with Crippen LogP contribution >= 0.6 is 24.0 Å². The van der Waals surface area contributed by atoms with E-state index in [1.165, 1.54) is 12.8 Å². The third-order valence-corrected chi connectivity index (χ3v) is 1.62. The lowest BCUT2D eigenvalue weighted by Crippen LogP contribution is -1.73. The van der Waals surface area contributed by atoms with E-state index in [2.05, 4.69) is 23.8 Å². The fraction of sp³-hybridized carbons (Fsp3) is 0.800. The fourth-order valence-corrected chi connectivity index (χ4v) is 1.02. The molecule has 0 unspecified atom stereocenters. The lowest BCUT2D eigenvalue weighted by molar-refractivity contribution is 0.898. The summed E-state index contributed by atoms with van der Waals surface area (Å²) in [6, 6.07) is 0. The Kier molecular flexibility index (Phi) is 6.84. The summed E-state index contributed by atoms with van der Waals surface area (Å²) in [5.41, 5.74) is 0. The van der Waals surface area contributed by atoms with E-state index in [9.17, 15) is 0 Å². The van der Waals surface area contributed by atoms with Gasteiger partial charge in [-0.3, -0.25) is 0 Å². The maximum atomic E-state index is 4.48. The van der Waals surface area contributed by atoms with E-state index in [0.717, 1.165) is 5.75 Å². The van der Waals surface area contributed by atoms with Gasteiger partial charge in [0.05, 0.1) is 4.70 Å². The molecule has 0 rings (SSSR count). The van der Waals surface area contributed by atoms with Gasteiger partial charge < -0.3 is 0 Å². The van der Waals surface area contributed by atoms with E-state index in [0.29, 0.717) is 0 Å². The molecule has 7 heavy (non-hydrogen) atoms. The highest BCUT2D eigenvalue weighted by molar-refractivity contribution is 8.20. The van der Waals surface area contributed by atoms with E-state index in [-0.39, 0.29) is 0 Å². The number of thioether (sulfide) groups is 1. The minimum atomic E-state index is 1.14. The van der Waals surface area contributed by atoms with Gasteiger partial charge in [0.2, 0.25) is 0 Å². The lowest BCUT2D eigenvalue weighted by atomic mass is 10.4. The van der Waals surface area contributed by atoms with Crippen LogP contribution < -0.4 is 0 Å². The molecule has 0 aliphatic rings. The molecule has 0 aromatic carbocycles. The van der Waals surface area contributed by atoms with Crippen molar-refractivity contribution in [2.75, 3.05) is 5.75 Å². The molecule has 0 N–H and O–H groups in total. The topological polar surface area (TPSA) is 0 Å². The van der Waals surface area contributed by atoms with Crippen LogP contribution in [0.15, 0.2) is 0 Å². The fourth-order valence-electron chi connectivity index (χ4n) is 0.258. The van der Waals surface area contributed by atoms with E-state index >= 15 is 0 Å². The molecular formula is C5H9S2. The van der Waals surface area contributed by atoms with Crippen molar-refractivity contribution in [1.29, 1.82) is 0 Å². The smallest absolute Gasteiger partial charge is 0.0951 e. The lowest BCUT2D eigenvalue weighted by Gasteiger charge is -1.86. The monoisotopic (exact) mass is 133 g/mol. The van der Waals surface area contributed by atoms with Crippen molar-refractivity contribution in [2.45, 2.75) is 19.8 Å². The van der Waals surface area contributed by atoms with E-state index in [1.54, 1.807) is 11.8 Å². The van der Waals surface area contributed by atoms with E-state index in [4.69, 9.17) is 0 Å². The van der Waals surface area contributed by atoms with Crippen molar-refractivity contribution in [3.05, 3.63) is 0 Å². The minimum absolute atomic E-state index is 1.14. The van der Waals surface area contributed by atoms with Gasteiger partial charge in [-0.15, -0.1) is 11.8 Å². The van der Waals surface area contributed by atoms with Crippen LogP contribution in [0.2, 0.25) is 0 Å². The van der Waals surface area contributed by atoms with Gasteiger partial charge in [0.15, 0.2) is 0 Å². The van der Waals surface area contributed by atoms with Gasteiger partial charge in [-0.25, -0.2) is 0 Å². The van der Waals surface area contributed by atoms with Crippen molar-refractivity contribution in [1.82, 2.24) is 0 Å². The van der Waals surface area contributed by atoms with Crippen LogP contribution in [0, 0.1) is 0 Å². The highest BCUT2D eigenvalue weighted by Gasteiger charge is 1.79. The molecule has 0 amide bonds. The molecule has 0 aliphatic carbocycles. The van der Waals surface area contributed by atoms with Crippen LogP contribution in [0.25, 0.3) is 0 Å². The minimum Gasteiger partial charge on any atom is -0.113 e. The average molecular weight is 133 g/mol. The number of hydrogen-bond acceptors (Lipinski definition) is 2. The van der Waals surface area contributed by atoms with Crippen molar-refractivity contribution < 1.29 is 0 Å². The van der Waals surface area contributed by atoms with Crippen LogP contribution in [0.1, 0.15) is 19.8 Å². The number of hydrogen-bond donors (Lipinski definition) is 0. The van der Waals surface area contributed by atoms with E-state index < -0.39 is 0 Å². The summed E-state index contributed by atoms with van der Waals surface area (Å²) < 4.78 is 2.60. The predicted octanol–water partition coefficient (Wildman–Crippen LogP) is 2.35. The first-order chi connectivity index (χ1) is 3.41. The standard InChI is InChI=1S/C5H9S2/c1-2-3-4-7-5-6/h2-4H2,1H3. The Morgan fingerprint density at radius 3 is 2.86 bits per heavy atom. The average Bonchev–Trinajstić information content (AvgIpc) is 1.69. The summed E-state index contributed by atoms with van der Waals surface area (Å²) in [7, 11) is 0. The first kappa shape index (κ1) is 7.44. The molecule has 0 spiro atoms. The molecule has 2 heteroatoms. The number of thiocarbonyl (C=S) groups is 1. The molecule has 0 aliphatic heterocycles. The molecule has 0 heterocycles. The van der Waals surface area contributed by atoms with Gasteiger partial charge in [0.1, 0.15) is 0 Å². The molecule has 0 nitrogen and oxygen atoms in total. The molecule has 0 saturated heterocycles. The largest absolute Gasteiger partial charge is 0.113 e. The second kappa shape index (κ2) is 6.44. The number of rotatable bonds is 4. The van der Waals surface area contributed by atoms with Gasteiger partial charge in [0, 0.05) is 0 Å². The molecular weight excluding hydrogens is 124 g/mol. The second-order valence-corrected chi connectivity index (χ2v) is 2.65. The molecule has 0 atom stereocenters. The Hall–Kier alpha value is 0.440. The molecule has 41 valence electrons. The second-order valence-electron chi connectivity index (χ2n) is 1.29. The zero-order valence-electron chi connectivity index (χ0n) is 4.44. The summed E-state index contributed by atoms with van der Waals surface area (Å²) in [6.07, 6.45) is 2.51. The molecule has 0 saturated carbocycles. The Morgan fingerprint density at radius 1 is 1.71 bits per heavy atom. The summed E-state index contributed by atoms with van der Waals surface area (Å²) in [5.74, 6) is 1.14. The third kappa shape index (κ3) is 6.44. The molecule has 0 bridgehead atoms. The van der Waals surface area contributed by atoms with Gasteiger partial charge in [-0.05, 0) is 12.2 Å². The molecule has 0 fully saturated rings. The maximum Gasteiger partial charge on any atom is 0.0951 e. The quantitative estimate of drug-likeness (QED) is 0.426. The van der Waals surface area contributed by atoms with E-state index in [1.807, 2.05) is 0 Å². The van der Waals surface area contributed by atoms with Crippen molar-refractivity contribution >= 4 is 28.7 Å². The summed E-state index contributed by atoms with van der Waals surface area (Å²) >= 11 is 6.08. The molecule has 0 aromatic rings.